The molecule has 0 saturated heterocycles. The number of carbonyl (C=O) groups excluding carboxylic acids is 2. The number of rotatable bonds is 6. The van der Waals surface area contributed by atoms with Crippen molar-refractivity contribution in [1.29, 1.82) is 0 Å². The number of benzene rings is 2. The molecule has 0 atom stereocenters. The van der Waals surface area contributed by atoms with Crippen LogP contribution >= 0.6 is 46.3 Å². The van der Waals surface area contributed by atoms with Crippen LogP contribution in [0.15, 0.2) is 46.8 Å². The lowest BCUT2D eigenvalue weighted by molar-refractivity contribution is -0.113. The molecule has 0 unspecified atom stereocenters. The Morgan fingerprint density at radius 3 is 2.61 bits per heavy atom. The predicted octanol–water partition coefficient (Wildman–Crippen LogP) is 4.97. The Hall–Kier alpha value is -2.20. The highest BCUT2D eigenvalue weighted by Crippen LogP contribution is 2.27. The summed E-state index contributed by atoms with van der Waals surface area (Å²) in [5.74, 6) is -1.29. The Kier molecular flexibility index (Phi) is 6.84. The molecule has 0 aliphatic heterocycles. The summed E-state index contributed by atoms with van der Waals surface area (Å²) in [5, 5.41) is 13.7. The molecule has 2 N–H and O–H groups in total. The second kappa shape index (κ2) is 9.33. The van der Waals surface area contributed by atoms with Crippen LogP contribution in [0.5, 0.6) is 0 Å². The first kappa shape index (κ1) is 20.5. The van der Waals surface area contributed by atoms with Gasteiger partial charge in [-0.2, -0.15) is 0 Å². The number of anilines is 2. The van der Waals surface area contributed by atoms with E-state index in [0.29, 0.717) is 14.9 Å². The standard InChI is InChI=1S/C17H11Cl2FN4O2S2/c18-10-6-5-9(7-11(10)19)15(26)22-16-23-24-17(28-16)27-8-14(25)21-13-4-2-1-3-12(13)20/h1-7H,8H2,(H,21,25)(H,22,23,26). The first-order valence-electron chi connectivity index (χ1n) is 7.69. The number of hydrogen-bond donors (Lipinski definition) is 2. The van der Waals surface area contributed by atoms with Gasteiger partial charge in [0.1, 0.15) is 5.82 Å². The average Bonchev–Trinajstić information content (AvgIpc) is 3.11. The molecule has 0 radical (unpaired) electrons. The van der Waals surface area contributed by atoms with E-state index in [0.717, 1.165) is 23.1 Å². The normalized spacial score (nSPS) is 10.5. The lowest BCUT2D eigenvalue weighted by Gasteiger charge is -2.04. The van der Waals surface area contributed by atoms with Gasteiger partial charge in [0.05, 0.1) is 21.5 Å². The van der Waals surface area contributed by atoms with Crippen LogP contribution in [-0.2, 0) is 4.79 Å². The Morgan fingerprint density at radius 1 is 1.07 bits per heavy atom. The molecule has 28 heavy (non-hydrogen) atoms. The van der Waals surface area contributed by atoms with E-state index in [1.165, 1.54) is 36.4 Å². The summed E-state index contributed by atoms with van der Waals surface area (Å²) in [6, 6.07) is 10.4. The van der Waals surface area contributed by atoms with Crippen LogP contribution in [0, 0.1) is 5.82 Å². The maximum Gasteiger partial charge on any atom is 0.257 e. The van der Waals surface area contributed by atoms with Crippen LogP contribution in [0.3, 0.4) is 0 Å². The van der Waals surface area contributed by atoms with Crippen LogP contribution in [0.2, 0.25) is 10.0 Å². The summed E-state index contributed by atoms with van der Waals surface area (Å²) in [6.07, 6.45) is 0. The molecular weight excluding hydrogens is 446 g/mol. The molecule has 0 fully saturated rings. The van der Waals surface area contributed by atoms with Crippen LogP contribution in [-0.4, -0.2) is 27.8 Å². The van der Waals surface area contributed by atoms with E-state index in [2.05, 4.69) is 20.8 Å². The highest BCUT2D eigenvalue weighted by Gasteiger charge is 2.13. The fourth-order valence-corrected chi connectivity index (χ4v) is 3.85. The third-order valence-electron chi connectivity index (χ3n) is 3.28. The molecule has 3 rings (SSSR count). The van der Waals surface area contributed by atoms with Gasteiger partial charge in [0, 0.05) is 5.56 Å². The third kappa shape index (κ3) is 5.41. The molecule has 2 amide bonds. The van der Waals surface area contributed by atoms with Crippen LogP contribution in [0.4, 0.5) is 15.2 Å². The average molecular weight is 457 g/mol. The maximum absolute atomic E-state index is 13.5. The van der Waals surface area contributed by atoms with E-state index < -0.39 is 11.7 Å². The SMILES string of the molecule is O=C(CSc1nnc(NC(=O)c2ccc(Cl)c(Cl)c2)s1)Nc1ccccc1F. The van der Waals surface area contributed by atoms with Crippen molar-refractivity contribution < 1.29 is 14.0 Å². The van der Waals surface area contributed by atoms with E-state index >= 15 is 0 Å². The van der Waals surface area contributed by atoms with Crippen molar-refractivity contribution >= 4 is 68.9 Å². The molecule has 1 heterocycles. The molecular formula is C17H11Cl2FN4O2S2. The second-order valence-electron chi connectivity index (χ2n) is 5.27. The van der Waals surface area contributed by atoms with Gasteiger partial charge in [0.15, 0.2) is 4.34 Å². The van der Waals surface area contributed by atoms with Gasteiger partial charge in [-0.25, -0.2) is 4.39 Å². The number of amides is 2. The summed E-state index contributed by atoms with van der Waals surface area (Å²) >= 11 is 14.0. The minimum Gasteiger partial charge on any atom is -0.323 e. The first-order valence-corrected chi connectivity index (χ1v) is 10.3. The summed E-state index contributed by atoms with van der Waals surface area (Å²) in [6.45, 7) is 0. The van der Waals surface area contributed by atoms with Gasteiger partial charge in [0.25, 0.3) is 5.91 Å². The maximum atomic E-state index is 13.5. The van der Waals surface area contributed by atoms with E-state index in [1.54, 1.807) is 6.07 Å². The van der Waals surface area contributed by atoms with Gasteiger partial charge in [0.2, 0.25) is 11.0 Å². The minimum absolute atomic E-state index is 0.0176. The quantitative estimate of drug-likeness (QED) is 0.404. The number of carbonyl (C=O) groups is 2. The number of nitrogens with zero attached hydrogens (tertiary/aromatic N) is 2. The molecule has 6 nitrogen and oxygen atoms in total. The van der Waals surface area contributed by atoms with Crippen LogP contribution in [0.25, 0.3) is 0 Å². The van der Waals surface area contributed by atoms with Crippen molar-refractivity contribution in [1.82, 2.24) is 10.2 Å². The van der Waals surface area contributed by atoms with Gasteiger partial charge in [-0.3, -0.25) is 14.9 Å². The highest BCUT2D eigenvalue weighted by molar-refractivity contribution is 8.01. The first-order chi connectivity index (χ1) is 13.4. The van der Waals surface area contributed by atoms with Crippen molar-refractivity contribution in [3.05, 3.63) is 63.9 Å². The Morgan fingerprint density at radius 2 is 1.86 bits per heavy atom. The predicted molar refractivity (Wildman–Crippen MR) is 110 cm³/mol. The molecule has 2 aromatic carbocycles. The van der Waals surface area contributed by atoms with Gasteiger partial charge in [-0.05, 0) is 30.3 Å². The zero-order valence-electron chi connectivity index (χ0n) is 13.9. The fraction of sp³-hybridized carbons (Fsp3) is 0.0588. The number of hydrogen-bond acceptors (Lipinski definition) is 6. The van der Waals surface area contributed by atoms with E-state index in [-0.39, 0.29) is 27.5 Å². The third-order valence-corrected chi connectivity index (χ3v) is 5.99. The molecule has 0 bridgehead atoms. The van der Waals surface area contributed by atoms with Crippen LogP contribution in [0.1, 0.15) is 10.4 Å². The largest absolute Gasteiger partial charge is 0.323 e. The molecule has 0 aliphatic carbocycles. The van der Waals surface area contributed by atoms with Crippen molar-refractivity contribution in [3.8, 4) is 0 Å². The van der Waals surface area contributed by atoms with Crippen molar-refractivity contribution in [2.24, 2.45) is 0 Å². The molecule has 3 aromatic rings. The molecule has 0 aliphatic rings. The van der Waals surface area contributed by atoms with Crippen molar-refractivity contribution in [2.45, 2.75) is 4.34 Å². The minimum atomic E-state index is -0.510. The number of halogens is 3. The van der Waals surface area contributed by atoms with Gasteiger partial charge in [-0.15, -0.1) is 10.2 Å². The fourth-order valence-electron chi connectivity index (χ4n) is 2.00. The number of aromatic nitrogens is 2. The number of thioether (sulfide) groups is 1. The zero-order chi connectivity index (χ0) is 20.1. The topological polar surface area (TPSA) is 84.0 Å². The molecule has 0 spiro atoms. The zero-order valence-corrected chi connectivity index (χ0v) is 17.1. The smallest absolute Gasteiger partial charge is 0.257 e. The summed E-state index contributed by atoms with van der Waals surface area (Å²) < 4.78 is 14.0. The van der Waals surface area contributed by atoms with Gasteiger partial charge < -0.3 is 5.32 Å². The van der Waals surface area contributed by atoms with E-state index in [9.17, 15) is 14.0 Å². The summed E-state index contributed by atoms with van der Waals surface area (Å²) in [4.78, 5) is 24.1. The van der Waals surface area contributed by atoms with Crippen molar-refractivity contribution in [2.75, 3.05) is 16.4 Å². The second-order valence-corrected chi connectivity index (χ2v) is 8.29. The van der Waals surface area contributed by atoms with Gasteiger partial charge in [-0.1, -0.05) is 58.4 Å². The Balaban J connectivity index is 1.54. The summed E-state index contributed by atoms with van der Waals surface area (Å²) in [7, 11) is 0. The molecule has 1 aromatic heterocycles. The van der Waals surface area contributed by atoms with Crippen LogP contribution < -0.4 is 10.6 Å². The summed E-state index contributed by atoms with van der Waals surface area (Å²) in [5.41, 5.74) is 0.433. The lowest BCUT2D eigenvalue weighted by Crippen LogP contribution is -2.14. The molecule has 144 valence electrons. The number of para-hydroxylation sites is 1. The highest BCUT2D eigenvalue weighted by atomic mass is 35.5. The van der Waals surface area contributed by atoms with E-state index in [1.807, 2.05) is 0 Å². The lowest BCUT2D eigenvalue weighted by atomic mass is 10.2. The molecule has 0 saturated carbocycles. The van der Waals surface area contributed by atoms with E-state index in [4.69, 9.17) is 23.2 Å². The van der Waals surface area contributed by atoms with Crippen molar-refractivity contribution in [3.63, 3.8) is 0 Å². The Bertz CT molecular complexity index is 1030. The number of nitrogens with one attached hydrogen (secondary N) is 2. The molecule has 11 heteroatoms. The monoisotopic (exact) mass is 456 g/mol. The van der Waals surface area contributed by atoms with Gasteiger partial charge >= 0.3 is 0 Å². The Labute approximate surface area is 177 Å².